The Hall–Kier alpha value is -0.0800. The van der Waals surface area contributed by atoms with Crippen molar-refractivity contribution < 1.29 is 4.74 Å². The van der Waals surface area contributed by atoms with Crippen LogP contribution in [0, 0.1) is 0 Å². The van der Waals surface area contributed by atoms with E-state index in [0.29, 0.717) is 12.1 Å². The molecule has 2 nitrogen and oxygen atoms in total. The van der Waals surface area contributed by atoms with Crippen LogP contribution in [0.1, 0.15) is 19.8 Å². The van der Waals surface area contributed by atoms with Gasteiger partial charge in [0.05, 0.1) is 6.10 Å². The Kier molecular flexibility index (Phi) is 2.49. The summed E-state index contributed by atoms with van der Waals surface area (Å²) in [4.78, 5) is 0. The van der Waals surface area contributed by atoms with Crippen LogP contribution in [0.3, 0.4) is 0 Å². The highest BCUT2D eigenvalue weighted by Crippen LogP contribution is 2.10. The highest BCUT2D eigenvalue weighted by molar-refractivity contribution is 4.74. The second-order valence-electron chi connectivity index (χ2n) is 2.74. The minimum Gasteiger partial charge on any atom is -0.381 e. The van der Waals surface area contributed by atoms with Gasteiger partial charge in [-0.25, -0.2) is 0 Å². The summed E-state index contributed by atoms with van der Waals surface area (Å²) in [6.07, 6.45) is 2.83. The number of methoxy groups -OCH3 is 1. The van der Waals surface area contributed by atoms with Gasteiger partial charge in [-0.05, 0) is 26.3 Å². The molecule has 9 heavy (non-hydrogen) atoms. The Balaban J connectivity index is 2.23. The minimum atomic E-state index is 0.501. The molecule has 1 heterocycles. The third-order valence-electron chi connectivity index (χ3n) is 1.91. The molecule has 2 heteroatoms. The Labute approximate surface area is 56.6 Å². The molecule has 0 unspecified atom stereocenters. The van der Waals surface area contributed by atoms with Gasteiger partial charge in [-0.1, -0.05) is 0 Å². The Morgan fingerprint density at radius 3 is 2.78 bits per heavy atom. The monoisotopic (exact) mass is 129 g/mol. The molecular weight excluding hydrogens is 114 g/mol. The molecule has 0 bridgehead atoms. The molecule has 0 aliphatic carbocycles. The highest BCUT2D eigenvalue weighted by atomic mass is 16.5. The summed E-state index contributed by atoms with van der Waals surface area (Å²) >= 11 is 0. The van der Waals surface area contributed by atoms with Crippen molar-refractivity contribution in [1.29, 1.82) is 0 Å². The van der Waals surface area contributed by atoms with Gasteiger partial charge >= 0.3 is 0 Å². The maximum Gasteiger partial charge on any atom is 0.0598 e. The number of hydrogen-bond acceptors (Lipinski definition) is 2. The molecule has 1 saturated heterocycles. The van der Waals surface area contributed by atoms with Crippen LogP contribution in [0.25, 0.3) is 0 Å². The van der Waals surface area contributed by atoms with Crippen LogP contribution < -0.4 is 5.32 Å². The third kappa shape index (κ3) is 1.95. The first-order valence-electron chi connectivity index (χ1n) is 3.59. The van der Waals surface area contributed by atoms with Gasteiger partial charge in [0, 0.05) is 13.2 Å². The zero-order valence-electron chi connectivity index (χ0n) is 6.18. The zero-order chi connectivity index (χ0) is 6.69. The molecule has 0 saturated carbocycles. The molecule has 0 radical (unpaired) electrons. The quantitative estimate of drug-likeness (QED) is 0.564. The molecule has 2 atom stereocenters. The summed E-state index contributed by atoms with van der Waals surface area (Å²) in [7, 11) is 1.79. The Bertz CT molecular complexity index is 85.0. The lowest BCUT2D eigenvalue weighted by Crippen LogP contribution is -2.38. The van der Waals surface area contributed by atoms with Gasteiger partial charge < -0.3 is 10.1 Å². The molecule has 1 aliphatic heterocycles. The van der Waals surface area contributed by atoms with Crippen molar-refractivity contribution >= 4 is 0 Å². The number of nitrogens with one attached hydrogen (secondary N) is 1. The van der Waals surface area contributed by atoms with E-state index in [-0.39, 0.29) is 0 Å². The number of piperidine rings is 1. The molecule has 0 aromatic carbocycles. The van der Waals surface area contributed by atoms with Gasteiger partial charge in [0.15, 0.2) is 0 Å². The standard InChI is InChI=1S/C7H15NO/c1-6-5-7(9-2)3-4-8-6/h6-8H,3-5H2,1-2H3/t6-,7+/m1/s1. The molecule has 1 fully saturated rings. The fourth-order valence-corrected chi connectivity index (χ4v) is 1.30. The van der Waals surface area contributed by atoms with Crippen LogP contribution in [0.2, 0.25) is 0 Å². The maximum absolute atomic E-state index is 5.22. The van der Waals surface area contributed by atoms with Crippen LogP contribution in [-0.4, -0.2) is 25.8 Å². The average Bonchev–Trinajstić information content (AvgIpc) is 1.88. The van der Waals surface area contributed by atoms with Crippen LogP contribution in [0.4, 0.5) is 0 Å². The fourth-order valence-electron chi connectivity index (χ4n) is 1.30. The van der Waals surface area contributed by atoms with E-state index in [9.17, 15) is 0 Å². The van der Waals surface area contributed by atoms with Crippen molar-refractivity contribution in [2.75, 3.05) is 13.7 Å². The molecule has 1 N–H and O–H groups in total. The Morgan fingerprint density at radius 2 is 2.33 bits per heavy atom. The van der Waals surface area contributed by atoms with E-state index in [1.54, 1.807) is 7.11 Å². The zero-order valence-corrected chi connectivity index (χ0v) is 6.18. The summed E-state index contributed by atoms with van der Waals surface area (Å²) in [6.45, 7) is 3.31. The lowest BCUT2D eigenvalue weighted by molar-refractivity contribution is 0.0647. The molecule has 1 aliphatic rings. The van der Waals surface area contributed by atoms with E-state index in [4.69, 9.17) is 4.74 Å². The summed E-state index contributed by atoms with van der Waals surface area (Å²) < 4.78 is 5.22. The van der Waals surface area contributed by atoms with Crippen molar-refractivity contribution in [3.63, 3.8) is 0 Å². The van der Waals surface area contributed by atoms with Crippen molar-refractivity contribution in [1.82, 2.24) is 5.32 Å². The van der Waals surface area contributed by atoms with E-state index in [0.717, 1.165) is 13.0 Å². The Morgan fingerprint density at radius 1 is 1.56 bits per heavy atom. The van der Waals surface area contributed by atoms with Gasteiger partial charge in [-0.3, -0.25) is 0 Å². The first kappa shape index (κ1) is 7.03. The maximum atomic E-state index is 5.22. The summed E-state index contributed by atoms with van der Waals surface area (Å²) in [5, 5.41) is 3.37. The number of hydrogen-bond donors (Lipinski definition) is 1. The van der Waals surface area contributed by atoms with Crippen LogP contribution in [0.15, 0.2) is 0 Å². The smallest absolute Gasteiger partial charge is 0.0598 e. The summed E-state index contributed by atoms with van der Waals surface area (Å²) in [6, 6.07) is 0.642. The second kappa shape index (κ2) is 3.18. The first-order chi connectivity index (χ1) is 4.33. The predicted molar refractivity (Wildman–Crippen MR) is 37.5 cm³/mol. The summed E-state index contributed by atoms with van der Waals surface area (Å²) in [5.41, 5.74) is 0. The lowest BCUT2D eigenvalue weighted by Gasteiger charge is -2.26. The van der Waals surface area contributed by atoms with Gasteiger partial charge in [-0.15, -0.1) is 0 Å². The predicted octanol–water partition coefficient (Wildman–Crippen LogP) is 0.773. The topological polar surface area (TPSA) is 21.3 Å². The highest BCUT2D eigenvalue weighted by Gasteiger charge is 2.16. The van der Waals surface area contributed by atoms with Gasteiger partial charge in [-0.2, -0.15) is 0 Å². The van der Waals surface area contributed by atoms with E-state index < -0.39 is 0 Å². The van der Waals surface area contributed by atoms with Crippen LogP contribution in [0.5, 0.6) is 0 Å². The minimum absolute atomic E-state index is 0.501. The van der Waals surface area contributed by atoms with Crippen LogP contribution in [-0.2, 0) is 4.74 Å². The molecule has 0 aromatic rings. The molecular formula is C7H15NO. The number of rotatable bonds is 1. The van der Waals surface area contributed by atoms with E-state index in [2.05, 4.69) is 12.2 Å². The molecule has 0 amide bonds. The van der Waals surface area contributed by atoms with Gasteiger partial charge in [0.1, 0.15) is 0 Å². The first-order valence-corrected chi connectivity index (χ1v) is 3.59. The summed E-state index contributed by atoms with van der Waals surface area (Å²) in [5.74, 6) is 0. The average molecular weight is 129 g/mol. The molecule has 0 spiro atoms. The van der Waals surface area contributed by atoms with E-state index in [1.165, 1.54) is 6.42 Å². The molecule has 0 aromatic heterocycles. The fraction of sp³-hybridized carbons (Fsp3) is 1.00. The van der Waals surface area contributed by atoms with Crippen molar-refractivity contribution in [2.45, 2.75) is 31.9 Å². The number of ether oxygens (including phenoxy) is 1. The normalized spacial score (nSPS) is 36.7. The largest absolute Gasteiger partial charge is 0.381 e. The van der Waals surface area contributed by atoms with Gasteiger partial charge in [0.2, 0.25) is 0 Å². The van der Waals surface area contributed by atoms with Crippen molar-refractivity contribution in [3.8, 4) is 0 Å². The second-order valence-corrected chi connectivity index (χ2v) is 2.74. The SMILES string of the molecule is CO[C@H]1CCN[C@H](C)C1. The third-order valence-corrected chi connectivity index (χ3v) is 1.91. The van der Waals surface area contributed by atoms with E-state index in [1.807, 2.05) is 0 Å². The molecule has 54 valence electrons. The van der Waals surface area contributed by atoms with E-state index >= 15 is 0 Å². The van der Waals surface area contributed by atoms with Gasteiger partial charge in [0.25, 0.3) is 0 Å². The van der Waals surface area contributed by atoms with Crippen molar-refractivity contribution in [2.24, 2.45) is 0 Å². The van der Waals surface area contributed by atoms with Crippen LogP contribution >= 0.6 is 0 Å². The van der Waals surface area contributed by atoms with Crippen molar-refractivity contribution in [3.05, 3.63) is 0 Å². The molecule has 1 rings (SSSR count). The lowest BCUT2D eigenvalue weighted by atomic mass is 10.0.